The number of esters is 1. The summed E-state index contributed by atoms with van der Waals surface area (Å²) in [6.07, 6.45) is 30.7. The van der Waals surface area contributed by atoms with Crippen LogP contribution in [0.1, 0.15) is 83.5 Å². The minimum atomic E-state index is -0.419. The van der Waals surface area contributed by atoms with E-state index in [4.69, 9.17) is 4.74 Å². The van der Waals surface area contributed by atoms with Crippen molar-refractivity contribution in [1.29, 1.82) is 0 Å². The van der Waals surface area contributed by atoms with Crippen LogP contribution in [0.4, 0.5) is 0 Å². The predicted molar refractivity (Wildman–Crippen MR) is 135 cm³/mol. The van der Waals surface area contributed by atoms with Gasteiger partial charge in [-0.1, -0.05) is 82.1 Å². The van der Waals surface area contributed by atoms with Crippen LogP contribution in [0.25, 0.3) is 0 Å². The van der Waals surface area contributed by atoms with E-state index in [-0.39, 0.29) is 16.6 Å². The number of carbonyl (C=O) groups is 1. The highest BCUT2D eigenvalue weighted by atomic mass is 32.2. The Labute approximate surface area is 192 Å². The van der Waals surface area contributed by atoms with Gasteiger partial charge in [0.1, 0.15) is 0 Å². The van der Waals surface area contributed by atoms with E-state index in [0.717, 1.165) is 25.7 Å². The van der Waals surface area contributed by atoms with Gasteiger partial charge >= 0.3 is 5.97 Å². The molecule has 0 saturated heterocycles. The number of rotatable bonds is 3. The van der Waals surface area contributed by atoms with Crippen LogP contribution in [0, 0.1) is 5.92 Å². The average molecular weight is 444 g/mol. The molecule has 2 unspecified atom stereocenters. The van der Waals surface area contributed by atoms with Gasteiger partial charge in [0.05, 0.1) is 13.0 Å². The van der Waals surface area contributed by atoms with Gasteiger partial charge in [0, 0.05) is 16.6 Å². The van der Waals surface area contributed by atoms with E-state index in [1.165, 1.54) is 63.5 Å². The van der Waals surface area contributed by atoms with Crippen molar-refractivity contribution in [2.24, 2.45) is 5.92 Å². The molecule has 0 spiro atoms. The van der Waals surface area contributed by atoms with Crippen LogP contribution in [-0.4, -0.2) is 17.8 Å². The average Bonchev–Trinajstić information content (AvgIpc) is 3.19. The molecule has 0 radical (unpaired) electrons. The summed E-state index contributed by atoms with van der Waals surface area (Å²) in [7, 11) is 1.13. The van der Waals surface area contributed by atoms with E-state index in [1.807, 2.05) is 0 Å². The van der Waals surface area contributed by atoms with Crippen molar-refractivity contribution in [3.05, 3.63) is 59.2 Å². The molecule has 1 fully saturated rings. The summed E-state index contributed by atoms with van der Waals surface area (Å²) in [6.45, 7) is 0. The minimum Gasteiger partial charge on any atom is -0.469 e. The number of carbonyl (C=O) groups excluding carboxylic acids is 1. The number of thiol groups is 1. The zero-order valence-electron chi connectivity index (χ0n) is 19.2. The number of hydrogen-bond acceptors (Lipinski definition) is 3. The third kappa shape index (κ3) is 6.90. The molecule has 3 nitrogen and oxygen atoms in total. The molecule has 0 aromatic heterocycles. The lowest BCUT2D eigenvalue weighted by molar-refractivity contribution is -0.146. The van der Waals surface area contributed by atoms with E-state index in [0.29, 0.717) is 0 Å². The fourth-order valence-electron chi connectivity index (χ4n) is 5.16. The molecular formula is C27H41NO2S. The SMILES string of the molecule is COC(=O)C1CCCCCCCCCCCC(C2=CC=CC=CN2)([SH]2C=CC=C2)CC1. The smallest absolute Gasteiger partial charge is 0.308 e. The van der Waals surface area contributed by atoms with E-state index in [1.54, 1.807) is 7.11 Å². The first-order chi connectivity index (χ1) is 15.3. The van der Waals surface area contributed by atoms with Crippen molar-refractivity contribution in [2.45, 2.75) is 88.2 Å². The van der Waals surface area contributed by atoms with Gasteiger partial charge in [-0.15, -0.1) is 0 Å². The Kier molecular flexibility index (Phi) is 10.1. The Balaban J connectivity index is 1.88. The lowest BCUT2D eigenvalue weighted by atomic mass is 9.86. The van der Waals surface area contributed by atoms with Crippen molar-refractivity contribution in [2.75, 3.05) is 7.11 Å². The molecule has 0 aromatic rings. The van der Waals surface area contributed by atoms with Crippen molar-refractivity contribution in [3.8, 4) is 0 Å². The maximum absolute atomic E-state index is 12.6. The number of hydrogen-bond donors (Lipinski definition) is 2. The van der Waals surface area contributed by atoms with Crippen LogP contribution in [0.15, 0.2) is 59.2 Å². The second-order valence-corrected chi connectivity index (χ2v) is 11.3. The minimum absolute atomic E-state index is 0.0116. The topological polar surface area (TPSA) is 38.3 Å². The summed E-state index contributed by atoms with van der Waals surface area (Å²) < 4.78 is 5.27. The largest absolute Gasteiger partial charge is 0.469 e. The molecule has 3 aliphatic rings. The van der Waals surface area contributed by atoms with Crippen LogP contribution < -0.4 is 5.32 Å². The summed E-state index contributed by atoms with van der Waals surface area (Å²) in [5.74, 6) is -0.0105. The molecule has 2 heterocycles. The maximum Gasteiger partial charge on any atom is 0.308 e. The first-order valence-electron chi connectivity index (χ1n) is 12.3. The van der Waals surface area contributed by atoms with Crippen LogP contribution in [0.5, 0.6) is 0 Å². The lowest BCUT2D eigenvalue weighted by Crippen LogP contribution is -2.37. The Morgan fingerprint density at radius 3 is 2.26 bits per heavy atom. The van der Waals surface area contributed by atoms with E-state index in [2.05, 4.69) is 58.8 Å². The normalized spacial score (nSPS) is 29.4. The molecule has 2 aliphatic heterocycles. The molecule has 0 amide bonds. The quantitative estimate of drug-likeness (QED) is 0.358. The van der Waals surface area contributed by atoms with Crippen molar-refractivity contribution in [1.82, 2.24) is 5.32 Å². The summed E-state index contributed by atoms with van der Waals surface area (Å²) in [4.78, 5) is 12.6. The van der Waals surface area contributed by atoms with Crippen molar-refractivity contribution in [3.63, 3.8) is 0 Å². The van der Waals surface area contributed by atoms with Crippen molar-refractivity contribution >= 4 is 16.9 Å². The molecule has 1 N–H and O–H groups in total. The Bertz CT molecular complexity index is 709. The molecule has 31 heavy (non-hydrogen) atoms. The first-order valence-corrected chi connectivity index (χ1v) is 13.8. The van der Waals surface area contributed by atoms with Gasteiger partial charge in [0.2, 0.25) is 0 Å². The standard InChI is InChI=1S/C27H41NO2S/c1-30-26(29)24-16-10-7-5-3-2-4-6-8-12-19-27(20-18-24,31-22-14-15-23-31)25-17-11-9-13-21-28-25/h9,11,13-15,17,21-24,28,31H,2-8,10,12,16,18-20H2,1H3. The summed E-state index contributed by atoms with van der Waals surface area (Å²) >= 11 is 0. The molecule has 2 atom stereocenters. The van der Waals surface area contributed by atoms with E-state index < -0.39 is 10.9 Å². The number of ether oxygens (including phenoxy) is 1. The Hall–Kier alpha value is -1.68. The highest BCUT2D eigenvalue weighted by Gasteiger charge is 2.39. The van der Waals surface area contributed by atoms with Gasteiger partial charge in [0.15, 0.2) is 0 Å². The van der Waals surface area contributed by atoms with Crippen LogP contribution in [0.3, 0.4) is 0 Å². The third-order valence-electron chi connectivity index (χ3n) is 7.00. The van der Waals surface area contributed by atoms with Crippen LogP contribution in [0.2, 0.25) is 0 Å². The van der Waals surface area contributed by atoms with Crippen molar-refractivity contribution < 1.29 is 9.53 Å². The number of allylic oxidation sites excluding steroid dienone is 6. The van der Waals surface area contributed by atoms with E-state index >= 15 is 0 Å². The second-order valence-electron chi connectivity index (χ2n) is 9.07. The fourth-order valence-corrected chi connectivity index (χ4v) is 7.62. The highest BCUT2D eigenvalue weighted by molar-refractivity contribution is 8.23. The molecule has 0 aromatic carbocycles. The molecular weight excluding hydrogens is 402 g/mol. The van der Waals surface area contributed by atoms with Crippen LogP contribution in [-0.2, 0) is 9.53 Å². The highest BCUT2D eigenvalue weighted by Crippen LogP contribution is 2.55. The molecule has 3 rings (SSSR count). The molecule has 4 heteroatoms. The molecule has 1 aliphatic carbocycles. The van der Waals surface area contributed by atoms with Gasteiger partial charge < -0.3 is 10.1 Å². The zero-order chi connectivity index (χ0) is 21.8. The Morgan fingerprint density at radius 2 is 1.55 bits per heavy atom. The second kappa shape index (κ2) is 13.0. The van der Waals surface area contributed by atoms with Gasteiger partial charge in [0.25, 0.3) is 0 Å². The molecule has 1 saturated carbocycles. The molecule has 172 valence electrons. The fraction of sp³-hybridized carbons (Fsp3) is 0.593. The number of nitrogens with one attached hydrogen (secondary N) is 1. The van der Waals surface area contributed by atoms with Gasteiger partial charge in [-0.2, -0.15) is 0 Å². The summed E-state index contributed by atoms with van der Waals surface area (Å²) in [5.41, 5.74) is 1.31. The predicted octanol–water partition coefficient (Wildman–Crippen LogP) is 7.20. The summed E-state index contributed by atoms with van der Waals surface area (Å²) in [6, 6.07) is 0. The third-order valence-corrected chi connectivity index (χ3v) is 9.67. The van der Waals surface area contributed by atoms with Gasteiger partial charge in [-0.3, -0.25) is 4.79 Å². The maximum atomic E-state index is 12.6. The van der Waals surface area contributed by atoms with E-state index in [9.17, 15) is 4.79 Å². The monoisotopic (exact) mass is 443 g/mol. The van der Waals surface area contributed by atoms with Crippen LogP contribution >= 0.6 is 10.9 Å². The number of methoxy groups -OCH3 is 1. The summed E-state index contributed by atoms with van der Waals surface area (Å²) in [5, 5.41) is 8.45. The zero-order valence-corrected chi connectivity index (χ0v) is 20.1. The lowest BCUT2D eigenvalue weighted by Gasteiger charge is -2.43. The Morgan fingerprint density at radius 1 is 0.871 bits per heavy atom. The van der Waals surface area contributed by atoms with Gasteiger partial charge in [-0.05, 0) is 48.7 Å². The first kappa shape index (κ1) is 24.0. The van der Waals surface area contributed by atoms with Gasteiger partial charge in [-0.25, -0.2) is 10.9 Å². The molecule has 0 bridgehead atoms.